The summed E-state index contributed by atoms with van der Waals surface area (Å²) in [5.41, 5.74) is 6.15. The summed E-state index contributed by atoms with van der Waals surface area (Å²) >= 11 is 0. The third kappa shape index (κ3) is 4.34. The van der Waals surface area contributed by atoms with Crippen molar-refractivity contribution in [2.24, 2.45) is 0 Å². The molecule has 29 heavy (non-hydrogen) atoms. The fraction of sp³-hybridized carbons (Fsp3) is 0.269. The van der Waals surface area contributed by atoms with Crippen molar-refractivity contribution in [2.45, 2.75) is 39.7 Å². The largest absolute Gasteiger partial charge is 0.492 e. The highest BCUT2D eigenvalue weighted by Gasteiger charge is 2.12. The molecule has 0 N–H and O–H groups in total. The second kappa shape index (κ2) is 8.52. The van der Waals surface area contributed by atoms with Gasteiger partial charge in [-0.3, -0.25) is 0 Å². The highest BCUT2D eigenvalue weighted by Crippen LogP contribution is 2.21. The van der Waals surface area contributed by atoms with Gasteiger partial charge in [-0.2, -0.15) is 0 Å². The topological polar surface area (TPSA) is 27.1 Å². The highest BCUT2D eigenvalue weighted by atomic mass is 16.5. The lowest BCUT2D eigenvalue weighted by Gasteiger charge is -2.12. The molecule has 1 heterocycles. The average molecular weight is 385 g/mol. The molecule has 0 aliphatic heterocycles. The Morgan fingerprint density at radius 3 is 2.38 bits per heavy atom. The van der Waals surface area contributed by atoms with Crippen LogP contribution >= 0.6 is 0 Å². The number of para-hydroxylation sites is 2. The number of benzene rings is 3. The molecule has 0 spiro atoms. The molecule has 0 fully saturated rings. The Kier molecular flexibility index (Phi) is 5.66. The molecule has 0 bridgehead atoms. The van der Waals surface area contributed by atoms with Crippen LogP contribution in [-0.2, 0) is 13.0 Å². The molecule has 0 saturated carbocycles. The van der Waals surface area contributed by atoms with Gasteiger partial charge in [0.05, 0.1) is 17.6 Å². The van der Waals surface area contributed by atoms with Crippen molar-refractivity contribution < 1.29 is 4.74 Å². The zero-order chi connectivity index (χ0) is 20.2. The maximum Gasteiger partial charge on any atom is 0.119 e. The van der Waals surface area contributed by atoms with Crippen LogP contribution in [-0.4, -0.2) is 16.2 Å². The minimum atomic E-state index is 0.533. The van der Waals surface area contributed by atoms with Crippen LogP contribution < -0.4 is 4.74 Å². The summed E-state index contributed by atoms with van der Waals surface area (Å²) in [6, 6.07) is 25.3. The van der Waals surface area contributed by atoms with E-state index in [1.165, 1.54) is 16.7 Å². The molecule has 1 aromatic heterocycles. The van der Waals surface area contributed by atoms with E-state index in [1.807, 2.05) is 6.07 Å². The summed E-state index contributed by atoms with van der Waals surface area (Å²) in [7, 11) is 0. The molecule has 4 aromatic rings. The smallest absolute Gasteiger partial charge is 0.119 e. The van der Waals surface area contributed by atoms with E-state index in [0.29, 0.717) is 12.5 Å². The fourth-order valence-corrected chi connectivity index (χ4v) is 3.69. The minimum Gasteiger partial charge on any atom is -0.492 e. The van der Waals surface area contributed by atoms with Gasteiger partial charge in [0.25, 0.3) is 0 Å². The lowest BCUT2D eigenvalue weighted by molar-refractivity contribution is 0.298. The van der Waals surface area contributed by atoms with E-state index in [4.69, 9.17) is 9.72 Å². The van der Waals surface area contributed by atoms with Crippen LogP contribution in [0.25, 0.3) is 11.0 Å². The third-order valence-electron chi connectivity index (χ3n) is 5.47. The number of ether oxygens (including phenoxy) is 1. The van der Waals surface area contributed by atoms with Gasteiger partial charge >= 0.3 is 0 Å². The molecule has 3 heteroatoms. The second-order valence-corrected chi connectivity index (χ2v) is 7.84. The Labute approximate surface area is 173 Å². The van der Waals surface area contributed by atoms with Gasteiger partial charge in [0.15, 0.2) is 0 Å². The third-order valence-corrected chi connectivity index (χ3v) is 5.47. The number of aryl methyl sites for hydroxylation is 1. The number of rotatable bonds is 7. The first kappa shape index (κ1) is 19.3. The Bertz CT molecular complexity index is 1090. The first-order valence-corrected chi connectivity index (χ1v) is 10.3. The SMILES string of the molecule is Cc1ccccc1Cc1nc2ccccc2n1CCOc1ccc(C(C)C)cc1. The molecule has 0 aliphatic rings. The fourth-order valence-electron chi connectivity index (χ4n) is 3.69. The summed E-state index contributed by atoms with van der Waals surface area (Å²) in [4.78, 5) is 4.91. The zero-order valence-corrected chi connectivity index (χ0v) is 17.4. The van der Waals surface area contributed by atoms with E-state index < -0.39 is 0 Å². The van der Waals surface area contributed by atoms with E-state index >= 15 is 0 Å². The van der Waals surface area contributed by atoms with Crippen LogP contribution in [0.15, 0.2) is 72.8 Å². The molecule has 4 rings (SSSR count). The number of fused-ring (bicyclic) bond motifs is 1. The lowest BCUT2D eigenvalue weighted by atomic mass is 10.0. The number of nitrogens with zero attached hydrogens (tertiary/aromatic N) is 2. The molecule has 0 aliphatic carbocycles. The normalized spacial score (nSPS) is 11.3. The number of hydrogen-bond acceptors (Lipinski definition) is 2. The molecule has 3 nitrogen and oxygen atoms in total. The van der Waals surface area contributed by atoms with Gasteiger partial charge < -0.3 is 9.30 Å². The molecule has 0 atom stereocenters. The Hall–Kier alpha value is -3.07. The van der Waals surface area contributed by atoms with Gasteiger partial charge in [0, 0.05) is 6.42 Å². The summed E-state index contributed by atoms with van der Waals surface area (Å²) in [6.07, 6.45) is 0.824. The number of hydrogen-bond donors (Lipinski definition) is 0. The van der Waals surface area contributed by atoms with Crippen molar-refractivity contribution in [1.29, 1.82) is 0 Å². The van der Waals surface area contributed by atoms with Crippen LogP contribution in [0.1, 0.15) is 42.3 Å². The Balaban J connectivity index is 1.53. The first-order chi connectivity index (χ1) is 14.1. The lowest BCUT2D eigenvalue weighted by Crippen LogP contribution is -2.12. The van der Waals surface area contributed by atoms with Crippen molar-refractivity contribution in [3.63, 3.8) is 0 Å². The maximum absolute atomic E-state index is 6.04. The van der Waals surface area contributed by atoms with Gasteiger partial charge in [-0.05, 0) is 53.8 Å². The molecule has 0 amide bonds. The Morgan fingerprint density at radius 2 is 1.62 bits per heavy atom. The number of aromatic nitrogens is 2. The molecular formula is C26H28N2O. The van der Waals surface area contributed by atoms with Crippen molar-refractivity contribution >= 4 is 11.0 Å². The summed E-state index contributed by atoms with van der Waals surface area (Å²) < 4.78 is 8.34. The molecule has 0 unspecified atom stereocenters. The van der Waals surface area contributed by atoms with Gasteiger partial charge in [-0.1, -0.05) is 62.4 Å². The molecule has 0 saturated heterocycles. The van der Waals surface area contributed by atoms with E-state index in [9.17, 15) is 0 Å². The van der Waals surface area contributed by atoms with E-state index in [1.54, 1.807) is 0 Å². The van der Waals surface area contributed by atoms with Crippen molar-refractivity contribution in [3.05, 3.63) is 95.3 Å². The molecule has 148 valence electrons. The predicted octanol–water partition coefficient (Wildman–Crippen LogP) is 6.14. The first-order valence-electron chi connectivity index (χ1n) is 10.3. The van der Waals surface area contributed by atoms with Crippen LogP contribution in [0.4, 0.5) is 0 Å². The Morgan fingerprint density at radius 1 is 0.897 bits per heavy atom. The van der Waals surface area contributed by atoms with Gasteiger partial charge in [-0.25, -0.2) is 4.98 Å². The van der Waals surface area contributed by atoms with Crippen molar-refractivity contribution in [3.8, 4) is 5.75 Å². The quantitative estimate of drug-likeness (QED) is 0.383. The van der Waals surface area contributed by atoms with Crippen molar-refractivity contribution in [1.82, 2.24) is 9.55 Å². The van der Waals surface area contributed by atoms with Gasteiger partial charge in [0.2, 0.25) is 0 Å². The molecule has 3 aromatic carbocycles. The van der Waals surface area contributed by atoms with Crippen LogP contribution in [0.2, 0.25) is 0 Å². The molecule has 0 radical (unpaired) electrons. The average Bonchev–Trinajstić information content (AvgIpc) is 3.07. The van der Waals surface area contributed by atoms with Gasteiger partial charge in [-0.15, -0.1) is 0 Å². The van der Waals surface area contributed by atoms with E-state index in [2.05, 4.69) is 92.1 Å². The van der Waals surface area contributed by atoms with E-state index in [-0.39, 0.29) is 0 Å². The maximum atomic E-state index is 6.04. The predicted molar refractivity (Wildman–Crippen MR) is 120 cm³/mol. The number of imidazole rings is 1. The van der Waals surface area contributed by atoms with Gasteiger partial charge in [0.1, 0.15) is 18.2 Å². The summed E-state index contributed by atoms with van der Waals surface area (Å²) in [5.74, 6) is 2.53. The summed E-state index contributed by atoms with van der Waals surface area (Å²) in [6.45, 7) is 7.95. The molecular weight excluding hydrogens is 356 g/mol. The van der Waals surface area contributed by atoms with Crippen LogP contribution in [0.3, 0.4) is 0 Å². The van der Waals surface area contributed by atoms with Crippen molar-refractivity contribution in [2.75, 3.05) is 6.61 Å². The zero-order valence-electron chi connectivity index (χ0n) is 17.4. The standard InChI is InChI=1S/C26H28N2O/c1-19(2)21-12-14-23(15-13-21)29-17-16-28-25-11-7-6-10-24(25)27-26(28)18-22-9-5-4-8-20(22)3/h4-15,19H,16-18H2,1-3H3. The second-order valence-electron chi connectivity index (χ2n) is 7.84. The highest BCUT2D eigenvalue weighted by molar-refractivity contribution is 5.76. The van der Waals surface area contributed by atoms with Crippen LogP contribution in [0, 0.1) is 6.92 Å². The van der Waals surface area contributed by atoms with E-state index in [0.717, 1.165) is 35.6 Å². The summed E-state index contributed by atoms with van der Waals surface area (Å²) in [5, 5.41) is 0. The monoisotopic (exact) mass is 384 g/mol. The minimum absolute atomic E-state index is 0.533. The van der Waals surface area contributed by atoms with Crippen LogP contribution in [0.5, 0.6) is 5.75 Å².